The molecule has 4 heterocycles. The lowest BCUT2D eigenvalue weighted by Crippen LogP contribution is -2.58. The lowest BCUT2D eigenvalue weighted by molar-refractivity contribution is -0.139. The van der Waals surface area contributed by atoms with E-state index in [4.69, 9.17) is 0 Å². The Morgan fingerprint density at radius 3 is 2.71 bits per heavy atom. The van der Waals surface area contributed by atoms with Crippen LogP contribution in [0.5, 0.6) is 0 Å². The van der Waals surface area contributed by atoms with E-state index in [0.717, 1.165) is 51.5 Å². The number of aromatic nitrogens is 2. The molecule has 1 amide bonds. The highest BCUT2D eigenvalue weighted by molar-refractivity contribution is 5.80. The maximum Gasteiger partial charge on any atom is 0.227 e. The summed E-state index contributed by atoms with van der Waals surface area (Å²) in [6.45, 7) is 5.80. The average Bonchev–Trinajstić information content (AvgIpc) is 2.68. The van der Waals surface area contributed by atoms with Crippen LogP contribution in [0.3, 0.4) is 0 Å². The van der Waals surface area contributed by atoms with Gasteiger partial charge in [0, 0.05) is 51.2 Å². The molecule has 0 bridgehead atoms. The number of amides is 1. The number of carbonyl (C=O) groups is 1. The van der Waals surface area contributed by atoms with Gasteiger partial charge in [-0.3, -0.25) is 9.69 Å². The second kappa shape index (κ2) is 7.05. The monoisotopic (exact) mass is 329 g/mol. The Morgan fingerprint density at radius 1 is 0.958 bits per heavy atom. The minimum Gasteiger partial charge on any atom is -0.340 e. The molecule has 0 N–H and O–H groups in total. The minimum atomic E-state index is 0.0951. The van der Waals surface area contributed by atoms with Gasteiger partial charge in [-0.1, -0.05) is 6.42 Å². The molecular formula is C18H27N5O. The first-order chi connectivity index (χ1) is 11.8. The SMILES string of the molecule is O=C(C1CCCN(c2ncccn2)C1)N1CCN2CCCCC2C1. The fraction of sp³-hybridized carbons (Fsp3) is 0.722. The summed E-state index contributed by atoms with van der Waals surface area (Å²) < 4.78 is 0. The number of hydrogen-bond acceptors (Lipinski definition) is 5. The molecule has 2 atom stereocenters. The fourth-order valence-electron chi connectivity index (χ4n) is 4.43. The molecule has 1 aromatic heterocycles. The molecule has 4 rings (SSSR count). The highest BCUT2D eigenvalue weighted by atomic mass is 16.2. The second-order valence-corrected chi connectivity index (χ2v) is 7.30. The van der Waals surface area contributed by atoms with Crippen LogP contribution in [0.1, 0.15) is 32.1 Å². The zero-order chi connectivity index (χ0) is 16.4. The fourth-order valence-corrected chi connectivity index (χ4v) is 4.43. The lowest BCUT2D eigenvalue weighted by atomic mass is 9.94. The molecule has 6 heteroatoms. The summed E-state index contributed by atoms with van der Waals surface area (Å²) in [4.78, 5) is 28.6. The summed E-state index contributed by atoms with van der Waals surface area (Å²) in [5.41, 5.74) is 0. The Kier molecular flexibility index (Phi) is 4.65. The van der Waals surface area contributed by atoms with Crippen LogP contribution in [-0.4, -0.2) is 71.0 Å². The van der Waals surface area contributed by atoms with E-state index in [9.17, 15) is 4.79 Å². The van der Waals surface area contributed by atoms with Crippen LogP contribution in [0, 0.1) is 5.92 Å². The van der Waals surface area contributed by atoms with Crippen LogP contribution in [0.4, 0.5) is 5.95 Å². The smallest absolute Gasteiger partial charge is 0.227 e. The number of hydrogen-bond donors (Lipinski definition) is 0. The summed E-state index contributed by atoms with van der Waals surface area (Å²) in [7, 11) is 0. The van der Waals surface area contributed by atoms with E-state index in [1.807, 2.05) is 6.07 Å². The summed E-state index contributed by atoms with van der Waals surface area (Å²) in [5, 5.41) is 0. The van der Waals surface area contributed by atoms with Gasteiger partial charge in [0.2, 0.25) is 11.9 Å². The Labute approximate surface area is 143 Å². The van der Waals surface area contributed by atoms with Gasteiger partial charge in [0.15, 0.2) is 0 Å². The van der Waals surface area contributed by atoms with Gasteiger partial charge in [-0.25, -0.2) is 9.97 Å². The van der Waals surface area contributed by atoms with Crippen molar-refractivity contribution < 1.29 is 4.79 Å². The molecule has 3 saturated heterocycles. The topological polar surface area (TPSA) is 52.6 Å². The van der Waals surface area contributed by atoms with Crippen molar-refractivity contribution in [2.45, 2.75) is 38.1 Å². The third-order valence-electron chi connectivity index (χ3n) is 5.75. The van der Waals surface area contributed by atoms with Gasteiger partial charge in [-0.15, -0.1) is 0 Å². The minimum absolute atomic E-state index is 0.0951. The van der Waals surface area contributed by atoms with Crippen LogP contribution in [-0.2, 0) is 4.79 Å². The zero-order valence-corrected chi connectivity index (χ0v) is 14.3. The van der Waals surface area contributed by atoms with E-state index in [1.165, 1.54) is 25.8 Å². The Balaban J connectivity index is 1.39. The number of anilines is 1. The maximum absolute atomic E-state index is 13.0. The third-order valence-corrected chi connectivity index (χ3v) is 5.75. The number of piperazine rings is 1. The van der Waals surface area contributed by atoms with Gasteiger partial charge >= 0.3 is 0 Å². The largest absolute Gasteiger partial charge is 0.340 e. The molecule has 0 radical (unpaired) electrons. The summed E-state index contributed by atoms with van der Waals surface area (Å²) >= 11 is 0. The van der Waals surface area contributed by atoms with Crippen LogP contribution in [0.25, 0.3) is 0 Å². The van der Waals surface area contributed by atoms with Crippen molar-refractivity contribution in [3.05, 3.63) is 18.5 Å². The maximum atomic E-state index is 13.0. The van der Waals surface area contributed by atoms with Gasteiger partial charge in [0.1, 0.15) is 0 Å². The van der Waals surface area contributed by atoms with Crippen molar-refractivity contribution in [3.8, 4) is 0 Å². The van der Waals surface area contributed by atoms with Crippen molar-refractivity contribution >= 4 is 11.9 Å². The van der Waals surface area contributed by atoms with E-state index in [-0.39, 0.29) is 5.92 Å². The van der Waals surface area contributed by atoms with Crippen LogP contribution >= 0.6 is 0 Å². The van der Waals surface area contributed by atoms with Crippen LogP contribution < -0.4 is 4.90 Å². The number of fused-ring (bicyclic) bond motifs is 1. The van der Waals surface area contributed by atoms with E-state index in [2.05, 4.69) is 24.7 Å². The number of rotatable bonds is 2. The Morgan fingerprint density at radius 2 is 1.83 bits per heavy atom. The summed E-state index contributed by atoms with van der Waals surface area (Å²) in [6.07, 6.45) is 9.46. The predicted octanol–water partition coefficient (Wildman–Crippen LogP) is 1.39. The number of carbonyl (C=O) groups excluding carboxylic acids is 1. The third kappa shape index (κ3) is 3.24. The van der Waals surface area contributed by atoms with E-state index in [1.54, 1.807) is 12.4 Å². The van der Waals surface area contributed by atoms with Crippen molar-refractivity contribution in [3.63, 3.8) is 0 Å². The molecule has 0 spiro atoms. The highest BCUT2D eigenvalue weighted by Gasteiger charge is 2.35. The average molecular weight is 329 g/mol. The standard InChI is InChI=1S/C18H27N5O/c24-17(22-12-11-21-9-2-1-6-16(21)14-22)15-5-3-10-23(13-15)18-19-7-4-8-20-18/h4,7-8,15-16H,1-3,5-6,9-14H2. The van der Waals surface area contributed by atoms with Gasteiger partial charge in [0.25, 0.3) is 0 Å². The zero-order valence-electron chi connectivity index (χ0n) is 14.3. The van der Waals surface area contributed by atoms with Crippen LogP contribution in [0.2, 0.25) is 0 Å². The molecule has 0 saturated carbocycles. The Bertz CT molecular complexity index is 566. The number of piperidine rings is 2. The molecule has 3 fully saturated rings. The van der Waals surface area contributed by atoms with Gasteiger partial charge < -0.3 is 9.80 Å². The molecule has 0 aliphatic carbocycles. The van der Waals surface area contributed by atoms with Crippen molar-refractivity contribution in [2.24, 2.45) is 5.92 Å². The summed E-state index contributed by atoms with van der Waals surface area (Å²) in [5.74, 6) is 1.20. The predicted molar refractivity (Wildman–Crippen MR) is 92.8 cm³/mol. The number of nitrogens with zero attached hydrogens (tertiary/aromatic N) is 5. The Hall–Kier alpha value is -1.69. The van der Waals surface area contributed by atoms with E-state index < -0.39 is 0 Å². The molecular weight excluding hydrogens is 302 g/mol. The molecule has 2 unspecified atom stereocenters. The first kappa shape index (κ1) is 15.8. The van der Waals surface area contributed by atoms with Gasteiger partial charge in [-0.2, -0.15) is 0 Å². The van der Waals surface area contributed by atoms with E-state index in [0.29, 0.717) is 11.9 Å². The van der Waals surface area contributed by atoms with Crippen molar-refractivity contribution in [2.75, 3.05) is 44.2 Å². The van der Waals surface area contributed by atoms with Gasteiger partial charge in [0.05, 0.1) is 5.92 Å². The normalized spacial score (nSPS) is 28.5. The quantitative estimate of drug-likeness (QED) is 0.821. The molecule has 6 nitrogen and oxygen atoms in total. The van der Waals surface area contributed by atoms with Crippen molar-refractivity contribution in [1.29, 1.82) is 0 Å². The molecule has 0 aromatic carbocycles. The molecule has 24 heavy (non-hydrogen) atoms. The highest BCUT2D eigenvalue weighted by Crippen LogP contribution is 2.25. The second-order valence-electron chi connectivity index (χ2n) is 7.30. The summed E-state index contributed by atoms with van der Waals surface area (Å²) in [6, 6.07) is 2.42. The first-order valence-electron chi connectivity index (χ1n) is 9.36. The lowest BCUT2D eigenvalue weighted by Gasteiger charge is -2.45. The molecule has 3 aliphatic rings. The molecule has 1 aromatic rings. The van der Waals surface area contributed by atoms with Crippen LogP contribution in [0.15, 0.2) is 18.5 Å². The van der Waals surface area contributed by atoms with Gasteiger partial charge in [-0.05, 0) is 38.3 Å². The molecule has 130 valence electrons. The molecule has 3 aliphatic heterocycles. The van der Waals surface area contributed by atoms with E-state index >= 15 is 0 Å². The first-order valence-corrected chi connectivity index (χ1v) is 9.36. The van der Waals surface area contributed by atoms with Crippen molar-refractivity contribution in [1.82, 2.24) is 19.8 Å².